The standard InChI is InChI=1S/C11H24.2BrH.H3N/c1-3-5-7-9-11-10-8-6-4-2;;;/h3-11H2,1-2H3;2*1H;1H3. The molecule has 0 aliphatic heterocycles. The van der Waals surface area contributed by atoms with Gasteiger partial charge < -0.3 is 6.15 Å². The summed E-state index contributed by atoms with van der Waals surface area (Å²) >= 11 is 0. The summed E-state index contributed by atoms with van der Waals surface area (Å²) in [6.45, 7) is 4.55. The zero-order chi connectivity index (χ0) is 8.36. The Hall–Kier alpha value is 0.920. The van der Waals surface area contributed by atoms with Crippen LogP contribution in [0.1, 0.15) is 71.6 Å². The molecule has 0 amide bonds. The van der Waals surface area contributed by atoms with E-state index in [4.69, 9.17) is 0 Å². The second-order valence-corrected chi connectivity index (χ2v) is 3.47. The van der Waals surface area contributed by atoms with Gasteiger partial charge in [0.25, 0.3) is 0 Å². The smallest absolute Gasteiger partial charge is 0.0533 e. The topological polar surface area (TPSA) is 35.0 Å². The molecule has 0 aliphatic carbocycles. The Morgan fingerprint density at radius 3 is 0.929 bits per heavy atom. The van der Waals surface area contributed by atoms with Gasteiger partial charge in [0.15, 0.2) is 0 Å². The third-order valence-corrected chi connectivity index (χ3v) is 2.21. The first kappa shape index (κ1) is 24.2. The summed E-state index contributed by atoms with van der Waals surface area (Å²) in [6, 6.07) is 0. The number of rotatable bonds is 8. The van der Waals surface area contributed by atoms with Crippen LogP contribution in [0.15, 0.2) is 0 Å². The van der Waals surface area contributed by atoms with E-state index in [0.717, 1.165) is 0 Å². The van der Waals surface area contributed by atoms with Gasteiger partial charge in [-0.15, -0.1) is 34.0 Å². The third kappa shape index (κ3) is 23.1. The molecule has 92 valence electrons. The molecule has 3 heteroatoms. The summed E-state index contributed by atoms with van der Waals surface area (Å²) in [5.74, 6) is 0. The monoisotopic (exact) mass is 333 g/mol. The molecule has 0 aromatic carbocycles. The molecule has 0 atom stereocenters. The maximum absolute atomic E-state index is 2.27. The first-order valence-electron chi connectivity index (χ1n) is 5.41. The lowest BCUT2D eigenvalue weighted by molar-refractivity contribution is 0.572. The second kappa shape index (κ2) is 23.6. The SMILES string of the molecule is Br.Br.CCCCCCCCCCC.N. The lowest BCUT2D eigenvalue weighted by Gasteiger charge is -1.98. The van der Waals surface area contributed by atoms with Crippen molar-refractivity contribution >= 4 is 34.0 Å². The maximum atomic E-state index is 2.27. The Kier molecular flexibility index (Phi) is 40.9. The predicted octanol–water partition coefficient (Wildman–Crippen LogP) is 5.85. The van der Waals surface area contributed by atoms with E-state index in [9.17, 15) is 0 Å². The molecule has 1 nitrogen and oxygen atoms in total. The van der Waals surface area contributed by atoms with Gasteiger partial charge in [-0.2, -0.15) is 0 Å². The Labute approximate surface area is 112 Å². The quantitative estimate of drug-likeness (QED) is 0.554. The molecule has 0 fully saturated rings. The molecule has 0 unspecified atom stereocenters. The summed E-state index contributed by atoms with van der Waals surface area (Å²) in [6.07, 6.45) is 13.0. The molecule has 3 N–H and O–H groups in total. The van der Waals surface area contributed by atoms with E-state index in [-0.39, 0.29) is 40.1 Å². The molecular formula is C11H29Br2N. The van der Waals surface area contributed by atoms with Crippen molar-refractivity contribution in [3.63, 3.8) is 0 Å². The molecule has 0 heterocycles. The second-order valence-electron chi connectivity index (χ2n) is 3.47. The summed E-state index contributed by atoms with van der Waals surface area (Å²) in [5, 5.41) is 0. The first-order valence-corrected chi connectivity index (χ1v) is 5.41. The Morgan fingerprint density at radius 2 is 0.714 bits per heavy atom. The normalized spacial score (nSPS) is 8.14. The minimum absolute atomic E-state index is 0. The van der Waals surface area contributed by atoms with Crippen LogP contribution in [-0.4, -0.2) is 0 Å². The van der Waals surface area contributed by atoms with Crippen molar-refractivity contribution in [3.05, 3.63) is 0 Å². The van der Waals surface area contributed by atoms with Crippen LogP contribution in [0.2, 0.25) is 0 Å². The summed E-state index contributed by atoms with van der Waals surface area (Å²) in [4.78, 5) is 0. The average molecular weight is 335 g/mol. The fourth-order valence-corrected chi connectivity index (χ4v) is 1.38. The summed E-state index contributed by atoms with van der Waals surface area (Å²) in [5.41, 5.74) is 0. The van der Waals surface area contributed by atoms with Crippen molar-refractivity contribution in [1.29, 1.82) is 0 Å². The fraction of sp³-hybridized carbons (Fsp3) is 1.00. The van der Waals surface area contributed by atoms with E-state index in [0.29, 0.717) is 0 Å². The molecule has 0 radical (unpaired) electrons. The van der Waals surface area contributed by atoms with Crippen LogP contribution in [0.25, 0.3) is 0 Å². The third-order valence-electron chi connectivity index (χ3n) is 2.21. The van der Waals surface area contributed by atoms with E-state index < -0.39 is 0 Å². The van der Waals surface area contributed by atoms with Gasteiger partial charge in [-0.1, -0.05) is 71.6 Å². The van der Waals surface area contributed by atoms with Crippen molar-refractivity contribution in [2.24, 2.45) is 0 Å². The zero-order valence-electron chi connectivity index (χ0n) is 9.89. The van der Waals surface area contributed by atoms with Gasteiger partial charge in [0, 0.05) is 0 Å². The minimum Gasteiger partial charge on any atom is -0.344 e. The van der Waals surface area contributed by atoms with Crippen molar-refractivity contribution in [2.75, 3.05) is 0 Å². The van der Waals surface area contributed by atoms with E-state index in [1.54, 1.807) is 0 Å². The molecule has 0 rings (SSSR count). The van der Waals surface area contributed by atoms with Crippen LogP contribution in [-0.2, 0) is 0 Å². The molecule has 14 heavy (non-hydrogen) atoms. The van der Waals surface area contributed by atoms with Gasteiger partial charge in [-0.25, -0.2) is 0 Å². The molecule has 0 aromatic rings. The van der Waals surface area contributed by atoms with Crippen molar-refractivity contribution in [3.8, 4) is 0 Å². The van der Waals surface area contributed by atoms with E-state index in [1.165, 1.54) is 57.8 Å². The van der Waals surface area contributed by atoms with Crippen molar-refractivity contribution in [1.82, 2.24) is 6.15 Å². The van der Waals surface area contributed by atoms with Crippen LogP contribution in [0.5, 0.6) is 0 Å². The Morgan fingerprint density at radius 1 is 0.500 bits per heavy atom. The van der Waals surface area contributed by atoms with Gasteiger partial charge in [-0.3, -0.25) is 0 Å². The predicted molar refractivity (Wildman–Crippen MR) is 78.6 cm³/mol. The highest BCUT2D eigenvalue weighted by Crippen LogP contribution is 2.08. The molecule has 0 saturated heterocycles. The molecule has 0 bridgehead atoms. The van der Waals surface area contributed by atoms with Gasteiger partial charge in [0.1, 0.15) is 0 Å². The molecule has 0 spiro atoms. The number of halogens is 2. The summed E-state index contributed by atoms with van der Waals surface area (Å²) < 4.78 is 0. The van der Waals surface area contributed by atoms with Crippen LogP contribution >= 0.6 is 34.0 Å². The van der Waals surface area contributed by atoms with Gasteiger partial charge in [0.05, 0.1) is 0 Å². The zero-order valence-corrected chi connectivity index (χ0v) is 13.3. The van der Waals surface area contributed by atoms with E-state index in [1.807, 2.05) is 0 Å². The number of hydrogen-bond donors (Lipinski definition) is 1. The highest BCUT2D eigenvalue weighted by molar-refractivity contribution is 8.93. The van der Waals surface area contributed by atoms with Crippen LogP contribution < -0.4 is 6.15 Å². The highest BCUT2D eigenvalue weighted by Gasteiger charge is 1.88. The highest BCUT2D eigenvalue weighted by atomic mass is 79.9. The molecular weight excluding hydrogens is 306 g/mol. The number of unbranched alkanes of at least 4 members (excludes halogenated alkanes) is 8. The molecule has 0 aliphatic rings. The molecule has 0 saturated carbocycles. The lowest BCUT2D eigenvalue weighted by atomic mass is 10.1. The fourth-order valence-electron chi connectivity index (χ4n) is 1.38. The Bertz CT molecular complexity index is 62.3. The van der Waals surface area contributed by atoms with Gasteiger partial charge in [0.2, 0.25) is 0 Å². The van der Waals surface area contributed by atoms with E-state index >= 15 is 0 Å². The first-order chi connectivity index (χ1) is 5.41. The van der Waals surface area contributed by atoms with Crippen LogP contribution in [0.4, 0.5) is 0 Å². The van der Waals surface area contributed by atoms with Crippen LogP contribution in [0, 0.1) is 0 Å². The molecule has 0 aromatic heterocycles. The maximum Gasteiger partial charge on any atom is -0.0533 e. The van der Waals surface area contributed by atoms with Gasteiger partial charge in [-0.05, 0) is 0 Å². The largest absolute Gasteiger partial charge is 0.344 e. The Balaban J connectivity index is -0.000000167. The number of hydrogen-bond acceptors (Lipinski definition) is 1. The average Bonchev–Trinajstić information content (AvgIpc) is 2.03. The minimum atomic E-state index is 0. The van der Waals surface area contributed by atoms with Crippen molar-refractivity contribution < 1.29 is 0 Å². The lowest BCUT2D eigenvalue weighted by Crippen LogP contribution is -1.79. The van der Waals surface area contributed by atoms with E-state index in [2.05, 4.69) is 13.8 Å². The van der Waals surface area contributed by atoms with Crippen LogP contribution in [0.3, 0.4) is 0 Å². The van der Waals surface area contributed by atoms with Gasteiger partial charge >= 0.3 is 0 Å². The summed E-state index contributed by atoms with van der Waals surface area (Å²) in [7, 11) is 0. The van der Waals surface area contributed by atoms with Crippen molar-refractivity contribution in [2.45, 2.75) is 71.6 Å².